The summed E-state index contributed by atoms with van der Waals surface area (Å²) in [5.41, 5.74) is 0.407. The van der Waals surface area contributed by atoms with Gasteiger partial charge in [-0.1, -0.05) is 37.6 Å². The summed E-state index contributed by atoms with van der Waals surface area (Å²) in [6, 6.07) is 12.6. The molecule has 0 aliphatic rings. The number of hydrogen-bond acceptors (Lipinski definition) is 4. The van der Waals surface area contributed by atoms with Gasteiger partial charge >= 0.3 is 29.6 Å². The van der Waals surface area contributed by atoms with Crippen molar-refractivity contribution in [1.82, 2.24) is 0 Å². The predicted octanol–water partition coefficient (Wildman–Crippen LogP) is 0.188. The van der Waals surface area contributed by atoms with Crippen LogP contribution in [-0.4, -0.2) is 28.9 Å². The van der Waals surface area contributed by atoms with Gasteiger partial charge in [0.25, 0.3) is 10.1 Å². The zero-order valence-corrected chi connectivity index (χ0v) is 16.6. The molecule has 24 heavy (non-hydrogen) atoms. The largest absolute Gasteiger partial charge is 1.00 e. The van der Waals surface area contributed by atoms with Gasteiger partial charge in [0.2, 0.25) is 0 Å². The fourth-order valence-corrected chi connectivity index (χ4v) is 4.09. The number of phenolic OH excluding ortho intramolecular Hbond substituents is 2. The Kier molecular flexibility index (Phi) is 7.31. The number of hydrogen-bond donors (Lipinski definition) is 3. The van der Waals surface area contributed by atoms with Crippen molar-refractivity contribution >= 4 is 10.1 Å². The molecular formula is C17H21NaO5S. The van der Waals surface area contributed by atoms with Gasteiger partial charge in [0.15, 0.2) is 0 Å². The van der Waals surface area contributed by atoms with E-state index in [1.165, 1.54) is 24.3 Å². The number of rotatable bonds is 6. The molecule has 126 valence electrons. The first-order valence-electron chi connectivity index (χ1n) is 7.31. The van der Waals surface area contributed by atoms with Crippen molar-refractivity contribution in [2.24, 2.45) is 0 Å². The Balaban J connectivity index is 0.00000288. The Morgan fingerprint density at radius 3 is 1.58 bits per heavy atom. The summed E-state index contributed by atoms with van der Waals surface area (Å²) in [5, 5.41) is 19.0. The average molecular weight is 360 g/mol. The molecule has 0 saturated carbocycles. The molecule has 0 aromatic heterocycles. The van der Waals surface area contributed by atoms with Crippen LogP contribution in [0.3, 0.4) is 0 Å². The minimum atomic E-state index is -4.25. The third-order valence-electron chi connectivity index (χ3n) is 3.95. The van der Waals surface area contributed by atoms with Gasteiger partial charge in [-0.25, -0.2) is 0 Å². The standard InChI is InChI=1S/C17H20O5S.Na.H/c1-2-11-17(12-23(20,21)22,13-3-7-15(18)8-4-13)14-5-9-16(19)10-6-14;;/h3-10,18-19H,2,11-12H2,1H3,(H,20,21,22);;/q;+1;-1. The fraction of sp³-hybridized carbons (Fsp3) is 0.294. The summed E-state index contributed by atoms with van der Waals surface area (Å²) in [7, 11) is -4.25. The van der Waals surface area contributed by atoms with Gasteiger partial charge in [0.05, 0.1) is 5.75 Å². The second-order valence-electron chi connectivity index (χ2n) is 5.65. The molecule has 2 aromatic carbocycles. The first kappa shape index (κ1) is 21.0. The minimum Gasteiger partial charge on any atom is -1.00 e. The van der Waals surface area contributed by atoms with Crippen LogP contribution >= 0.6 is 0 Å². The molecule has 7 heteroatoms. The normalized spacial score (nSPS) is 11.8. The van der Waals surface area contributed by atoms with Gasteiger partial charge in [-0.2, -0.15) is 8.42 Å². The van der Waals surface area contributed by atoms with Gasteiger partial charge in [-0.3, -0.25) is 4.55 Å². The second-order valence-corrected chi connectivity index (χ2v) is 7.10. The molecule has 2 aromatic rings. The molecule has 0 saturated heterocycles. The number of aromatic hydroxyl groups is 2. The molecule has 2 rings (SSSR count). The van der Waals surface area contributed by atoms with E-state index in [1.54, 1.807) is 24.3 Å². The minimum absolute atomic E-state index is 0. The molecule has 3 N–H and O–H groups in total. The summed E-state index contributed by atoms with van der Waals surface area (Å²) < 4.78 is 32.8. The topological polar surface area (TPSA) is 94.8 Å². The van der Waals surface area contributed by atoms with Crippen molar-refractivity contribution in [2.75, 3.05) is 5.75 Å². The maximum Gasteiger partial charge on any atom is 1.00 e. The smallest absolute Gasteiger partial charge is 1.00 e. The van der Waals surface area contributed by atoms with Crippen LogP contribution in [0.2, 0.25) is 0 Å². The fourth-order valence-electron chi connectivity index (χ4n) is 2.99. The van der Waals surface area contributed by atoms with E-state index in [0.717, 1.165) is 0 Å². The number of benzene rings is 2. The summed E-state index contributed by atoms with van der Waals surface area (Å²) in [5.74, 6) is -0.308. The maximum absolute atomic E-state index is 11.7. The van der Waals surface area contributed by atoms with E-state index >= 15 is 0 Å². The van der Waals surface area contributed by atoms with Crippen LogP contribution in [-0.2, 0) is 15.5 Å². The van der Waals surface area contributed by atoms with E-state index in [4.69, 9.17) is 0 Å². The van der Waals surface area contributed by atoms with E-state index in [1.807, 2.05) is 6.92 Å². The van der Waals surface area contributed by atoms with E-state index < -0.39 is 21.3 Å². The number of phenols is 2. The molecule has 0 spiro atoms. The van der Waals surface area contributed by atoms with E-state index in [2.05, 4.69) is 0 Å². The van der Waals surface area contributed by atoms with E-state index in [9.17, 15) is 23.2 Å². The van der Waals surface area contributed by atoms with Gasteiger partial charge < -0.3 is 11.6 Å². The van der Waals surface area contributed by atoms with Gasteiger partial charge in [0, 0.05) is 5.41 Å². The van der Waals surface area contributed by atoms with Crippen LogP contribution in [0.5, 0.6) is 11.5 Å². The second kappa shape index (κ2) is 8.36. The Hall–Kier alpha value is -1.05. The molecule has 0 amide bonds. The zero-order chi connectivity index (χ0) is 17.1. The van der Waals surface area contributed by atoms with E-state index in [-0.39, 0.29) is 42.5 Å². The SMILES string of the molecule is CCCC(CS(=O)(=O)O)(c1ccc(O)cc1)c1ccc(O)cc1.[H-].[Na+]. The van der Waals surface area contributed by atoms with E-state index in [0.29, 0.717) is 24.0 Å². The van der Waals surface area contributed by atoms with Crippen LogP contribution in [0, 0.1) is 0 Å². The van der Waals surface area contributed by atoms with Gasteiger partial charge in [-0.15, -0.1) is 0 Å². The average Bonchev–Trinajstić information content (AvgIpc) is 2.46. The summed E-state index contributed by atoms with van der Waals surface area (Å²) >= 11 is 0. The Morgan fingerprint density at radius 2 is 1.29 bits per heavy atom. The summed E-state index contributed by atoms with van der Waals surface area (Å²) in [4.78, 5) is 0. The predicted molar refractivity (Wildman–Crippen MR) is 89.4 cm³/mol. The third-order valence-corrected chi connectivity index (χ3v) is 4.80. The third kappa shape index (κ3) is 4.97. The van der Waals surface area contributed by atoms with Crippen molar-refractivity contribution in [2.45, 2.75) is 25.2 Å². The molecule has 0 bridgehead atoms. The molecule has 0 aliphatic heterocycles. The molecule has 5 nitrogen and oxygen atoms in total. The Labute approximate surface area is 165 Å². The molecule has 0 atom stereocenters. The summed E-state index contributed by atoms with van der Waals surface area (Å²) in [6.45, 7) is 1.93. The Bertz CT molecular complexity index is 715. The molecule has 0 fully saturated rings. The molecular weight excluding hydrogens is 339 g/mol. The van der Waals surface area contributed by atoms with Gasteiger partial charge in [-0.05, 0) is 41.8 Å². The van der Waals surface area contributed by atoms with Crippen LogP contribution < -0.4 is 29.6 Å². The van der Waals surface area contributed by atoms with Crippen LogP contribution in [0.1, 0.15) is 32.3 Å². The van der Waals surface area contributed by atoms with Crippen molar-refractivity contribution < 1.29 is 54.2 Å². The van der Waals surface area contributed by atoms with Crippen molar-refractivity contribution in [3.63, 3.8) is 0 Å². The maximum atomic E-state index is 11.7. The first-order chi connectivity index (χ1) is 10.8. The van der Waals surface area contributed by atoms with Crippen molar-refractivity contribution in [3.05, 3.63) is 59.7 Å². The molecule has 0 aliphatic carbocycles. The molecule has 0 unspecified atom stereocenters. The summed E-state index contributed by atoms with van der Waals surface area (Å²) in [6.07, 6.45) is 1.18. The zero-order valence-electron chi connectivity index (χ0n) is 14.8. The van der Waals surface area contributed by atoms with Gasteiger partial charge in [0.1, 0.15) is 11.5 Å². The quantitative estimate of drug-likeness (QED) is 0.505. The monoisotopic (exact) mass is 360 g/mol. The molecule has 0 radical (unpaired) electrons. The van der Waals surface area contributed by atoms with Crippen LogP contribution in [0.15, 0.2) is 48.5 Å². The first-order valence-corrected chi connectivity index (χ1v) is 8.92. The van der Waals surface area contributed by atoms with Crippen molar-refractivity contribution in [3.8, 4) is 11.5 Å². The van der Waals surface area contributed by atoms with Crippen LogP contribution in [0.25, 0.3) is 0 Å². The Morgan fingerprint density at radius 1 is 0.917 bits per heavy atom. The van der Waals surface area contributed by atoms with Crippen molar-refractivity contribution in [1.29, 1.82) is 0 Å². The molecule has 0 heterocycles. The van der Waals surface area contributed by atoms with Crippen LogP contribution in [0.4, 0.5) is 0 Å².